The van der Waals surface area contributed by atoms with Gasteiger partial charge in [0.05, 0.1) is 0 Å². The summed E-state index contributed by atoms with van der Waals surface area (Å²) in [7, 11) is 5.72. The quantitative estimate of drug-likeness (QED) is 0.842. The van der Waals surface area contributed by atoms with Crippen LogP contribution in [0.2, 0.25) is 0 Å². The summed E-state index contributed by atoms with van der Waals surface area (Å²) in [6.07, 6.45) is 2.65. The lowest BCUT2D eigenvalue weighted by atomic mass is 10.3. The first-order valence-corrected chi connectivity index (χ1v) is 6.89. The molecule has 0 atom stereocenters. The predicted octanol–water partition coefficient (Wildman–Crippen LogP) is 1.60. The zero-order valence-electron chi connectivity index (χ0n) is 12.5. The summed E-state index contributed by atoms with van der Waals surface area (Å²) >= 11 is 0. The maximum absolute atomic E-state index is 4.57. The van der Waals surface area contributed by atoms with Crippen LogP contribution in [-0.4, -0.2) is 48.7 Å². The molecule has 1 saturated carbocycles. The van der Waals surface area contributed by atoms with Gasteiger partial charge in [-0.1, -0.05) is 0 Å². The number of anilines is 3. The molecule has 1 fully saturated rings. The van der Waals surface area contributed by atoms with Gasteiger partial charge in [0.25, 0.3) is 0 Å². The molecular formula is C13H24N6. The molecular weight excluding hydrogens is 240 g/mol. The molecule has 1 aliphatic rings. The van der Waals surface area contributed by atoms with Crippen LogP contribution < -0.4 is 15.1 Å². The van der Waals surface area contributed by atoms with Gasteiger partial charge in [-0.2, -0.15) is 15.0 Å². The van der Waals surface area contributed by atoms with E-state index in [1.807, 2.05) is 26.0 Å². The van der Waals surface area contributed by atoms with Gasteiger partial charge in [0.15, 0.2) is 0 Å². The second-order valence-electron chi connectivity index (χ2n) is 5.59. The number of nitrogens with zero attached hydrogens (tertiary/aromatic N) is 5. The average molecular weight is 264 g/mol. The van der Waals surface area contributed by atoms with Crippen LogP contribution in [0.25, 0.3) is 0 Å². The number of rotatable bonds is 6. The second kappa shape index (κ2) is 5.59. The molecule has 1 heterocycles. The third-order valence-corrected chi connectivity index (χ3v) is 3.27. The lowest BCUT2D eigenvalue weighted by Crippen LogP contribution is -2.35. The summed E-state index contributed by atoms with van der Waals surface area (Å²) in [5.41, 5.74) is 0. The van der Waals surface area contributed by atoms with E-state index in [-0.39, 0.29) is 0 Å². The Morgan fingerprint density at radius 2 is 1.79 bits per heavy atom. The van der Waals surface area contributed by atoms with E-state index in [9.17, 15) is 0 Å². The van der Waals surface area contributed by atoms with Crippen LogP contribution in [0.1, 0.15) is 26.7 Å². The van der Waals surface area contributed by atoms with Crippen LogP contribution in [0, 0.1) is 5.92 Å². The first-order chi connectivity index (χ1) is 9.01. The minimum absolute atomic E-state index is 0.391. The van der Waals surface area contributed by atoms with Crippen molar-refractivity contribution in [1.29, 1.82) is 0 Å². The van der Waals surface area contributed by atoms with Gasteiger partial charge >= 0.3 is 0 Å². The Hall–Kier alpha value is -1.59. The maximum atomic E-state index is 4.57. The summed E-state index contributed by atoms with van der Waals surface area (Å²) in [6, 6.07) is 0.391. The number of hydrogen-bond donors (Lipinski definition) is 1. The molecule has 0 unspecified atom stereocenters. The molecule has 1 aromatic rings. The zero-order chi connectivity index (χ0) is 14.0. The monoisotopic (exact) mass is 264 g/mol. The van der Waals surface area contributed by atoms with Gasteiger partial charge in [0.2, 0.25) is 17.8 Å². The van der Waals surface area contributed by atoms with Crippen molar-refractivity contribution in [1.82, 2.24) is 15.0 Å². The van der Waals surface area contributed by atoms with Gasteiger partial charge in [-0.25, -0.2) is 0 Å². The lowest BCUT2D eigenvalue weighted by molar-refractivity contribution is 0.625. The zero-order valence-corrected chi connectivity index (χ0v) is 12.5. The highest BCUT2D eigenvalue weighted by atomic mass is 15.4. The third kappa shape index (κ3) is 3.45. The summed E-state index contributed by atoms with van der Waals surface area (Å²) in [6.45, 7) is 5.40. The molecule has 2 rings (SSSR count). The summed E-state index contributed by atoms with van der Waals surface area (Å²) in [5, 5.41) is 3.01. The molecule has 0 radical (unpaired) electrons. The molecule has 0 amide bonds. The average Bonchev–Trinajstić information content (AvgIpc) is 3.18. The largest absolute Gasteiger partial charge is 0.357 e. The standard InChI is InChI=1S/C13H24N6/c1-9(2)19(8-10-6-7-10)13-16-11(14-3)15-12(17-13)18(4)5/h9-10H,6-8H2,1-5H3,(H,14,15,16,17). The topological polar surface area (TPSA) is 57.2 Å². The van der Waals surface area contributed by atoms with E-state index in [1.54, 1.807) is 0 Å². The Bertz CT molecular complexity index is 427. The minimum Gasteiger partial charge on any atom is -0.357 e. The fourth-order valence-electron chi connectivity index (χ4n) is 1.90. The Balaban J connectivity index is 2.30. The molecule has 19 heavy (non-hydrogen) atoms. The first-order valence-electron chi connectivity index (χ1n) is 6.89. The van der Waals surface area contributed by atoms with Gasteiger partial charge in [0.1, 0.15) is 0 Å². The molecule has 0 spiro atoms. The van der Waals surface area contributed by atoms with E-state index >= 15 is 0 Å². The van der Waals surface area contributed by atoms with Gasteiger partial charge < -0.3 is 15.1 Å². The molecule has 6 heteroatoms. The van der Waals surface area contributed by atoms with E-state index in [1.165, 1.54) is 12.8 Å². The number of nitrogens with one attached hydrogen (secondary N) is 1. The van der Waals surface area contributed by atoms with E-state index < -0.39 is 0 Å². The predicted molar refractivity (Wildman–Crippen MR) is 78.9 cm³/mol. The van der Waals surface area contributed by atoms with Crippen molar-refractivity contribution in [2.45, 2.75) is 32.7 Å². The van der Waals surface area contributed by atoms with Crippen LogP contribution in [0.15, 0.2) is 0 Å². The van der Waals surface area contributed by atoms with E-state index in [4.69, 9.17) is 0 Å². The van der Waals surface area contributed by atoms with Gasteiger partial charge in [-0.3, -0.25) is 0 Å². The Kier molecular flexibility index (Phi) is 4.07. The summed E-state index contributed by atoms with van der Waals surface area (Å²) in [5.74, 6) is 2.89. The van der Waals surface area contributed by atoms with Crippen LogP contribution in [-0.2, 0) is 0 Å². The highest BCUT2D eigenvalue weighted by Crippen LogP contribution is 2.31. The normalized spacial score (nSPS) is 14.6. The van der Waals surface area contributed by atoms with Gasteiger partial charge in [-0.05, 0) is 32.6 Å². The van der Waals surface area contributed by atoms with Crippen molar-refractivity contribution in [3.05, 3.63) is 0 Å². The molecule has 0 saturated heterocycles. The van der Waals surface area contributed by atoms with Crippen molar-refractivity contribution in [3.8, 4) is 0 Å². The minimum atomic E-state index is 0.391. The van der Waals surface area contributed by atoms with Crippen molar-refractivity contribution in [3.63, 3.8) is 0 Å². The van der Waals surface area contributed by atoms with Crippen LogP contribution in [0.3, 0.4) is 0 Å². The number of hydrogen-bond acceptors (Lipinski definition) is 6. The molecule has 6 nitrogen and oxygen atoms in total. The molecule has 106 valence electrons. The third-order valence-electron chi connectivity index (χ3n) is 3.27. The molecule has 0 aromatic carbocycles. The molecule has 1 aliphatic carbocycles. The molecule has 1 aromatic heterocycles. The van der Waals surface area contributed by atoms with Crippen LogP contribution >= 0.6 is 0 Å². The van der Waals surface area contributed by atoms with Crippen molar-refractivity contribution in [2.75, 3.05) is 42.8 Å². The second-order valence-corrected chi connectivity index (χ2v) is 5.59. The van der Waals surface area contributed by atoms with Crippen molar-refractivity contribution >= 4 is 17.8 Å². The Labute approximate surface area is 115 Å². The van der Waals surface area contributed by atoms with Gasteiger partial charge in [-0.15, -0.1) is 0 Å². The van der Waals surface area contributed by atoms with Crippen LogP contribution in [0.5, 0.6) is 0 Å². The van der Waals surface area contributed by atoms with Crippen molar-refractivity contribution < 1.29 is 0 Å². The lowest BCUT2D eigenvalue weighted by Gasteiger charge is -2.27. The van der Waals surface area contributed by atoms with Crippen LogP contribution in [0.4, 0.5) is 17.8 Å². The summed E-state index contributed by atoms with van der Waals surface area (Å²) in [4.78, 5) is 17.6. The van der Waals surface area contributed by atoms with E-state index in [0.29, 0.717) is 17.9 Å². The molecule has 0 bridgehead atoms. The summed E-state index contributed by atoms with van der Waals surface area (Å²) < 4.78 is 0. The molecule has 0 aliphatic heterocycles. The maximum Gasteiger partial charge on any atom is 0.232 e. The van der Waals surface area contributed by atoms with E-state index in [0.717, 1.165) is 18.4 Å². The smallest absolute Gasteiger partial charge is 0.232 e. The van der Waals surface area contributed by atoms with Gasteiger partial charge in [0, 0.05) is 33.7 Å². The Morgan fingerprint density at radius 1 is 1.16 bits per heavy atom. The molecule has 1 N–H and O–H groups in total. The fourth-order valence-corrected chi connectivity index (χ4v) is 1.90. The fraction of sp³-hybridized carbons (Fsp3) is 0.769. The first kappa shape index (κ1) is 13.8. The van der Waals surface area contributed by atoms with E-state index in [2.05, 4.69) is 39.0 Å². The number of aromatic nitrogens is 3. The highest BCUT2D eigenvalue weighted by Gasteiger charge is 2.27. The van der Waals surface area contributed by atoms with Crippen molar-refractivity contribution in [2.24, 2.45) is 5.92 Å². The Morgan fingerprint density at radius 3 is 2.26 bits per heavy atom. The highest BCUT2D eigenvalue weighted by molar-refractivity contribution is 5.44. The SMILES string of the molecule is CNc1nc(N(C)C)nc(N(CC2CC2)C(C)C)n1.